The molecule has 1 amide bonds. The Balaban J connectivity index is 1.33. The molecule has 2 N–H and O–H groups in total. The molecule has 4 aromatic rings. The summed E-state index contributed by atoms with van der Waals surface area (Å²) in [5.41, 5.74) is 4.32. The van der Waals surface area contributed by atoms with Gasteiger partial charge in [-0.05, 0) is 48.4 Å². The first kappa shape index (κ1) is 22.0. The van der Waals surface area contributed by atoms with E-state index in [1.54, 1.807) is 12.1 Å². The molecule has 0 aliphatic rings. The molecule has 6 nitrogen and oxygen atoms in total. The smallest absolute Gasteiger partial charge is 0.251 e. The van der Waals surface area contributed by atoms with E-state index in [4.69, 9.17) is 4.74 Å². The zero-order chi connectivity index (χ0) is 22.9. The topological polar surface area (TPSA) is 76.1 Å². The highest BCUT2D eigenvalue weighted by molar-refractivity contribution is 5.94. The van der Waals surface area contributed by atoms with Crippen molar-refractivity contribution in [2.75, 3.05) is 11.9 Å². The summed E-state index contributed by atoms with van der Waals surface area (Å²) < 4.78 is 5.59. The lowest BCUT2D eigenvalue weighted by Gasteiger charge is -2.09. The number of rotatable bonds is 9. The van der Waals surface area contributed by atoms with Gasteiger partial charge in [0.25, 0.3) is 5.91 Å². The average Bonchev–Trinajstić information content (AvgIpc) is 2.88. The van der Waals surface area contributed by atoms with Crippen LogP contribution in [0, 0.1) is 0 Å². The van der Waals surface area contributed by atoms with E-state index in [0.717, 1.165) is 34.7 Å². The van der Waals surface area contributed by atoms with Gasteiger partial charge in [0.15, 0.2) is 0 Å². The maximum absolute atomic E-state index is 12.5. The quantitative estimate of drug-likeness (QED) is 0.355. The molecule has 0 spiro atoms. The zero-order valence-corrected chi connectivity index (χ0v) is 18.5. The van der Waals surface area contributed by atoms with Gasteiger partial charge >= 0.3 is 0 Å². The Hall–Kier alpha value is -4.19. The molecule has 33 heavy (non-hydrogen) atoms. The number of nitrogens with one attached hydrogen (secondary N) is 2. The molecule has 0 fully saturated rings. The molecule has 0 saturated carbocycles. The van der Waals surface area contributed by atoms with Gasteiger partial charge in [-0.25, -0.2) is 9.97 Å². The molecule has 3 aromatic carbocycles. The number of carbonyl (C=O) groups is 1. The summed E-state index contributed by atoms with van der Waals surface area (Å²) in [5, 5.41) is 6.22. The SMILES string of the molecule is CCCOc1ccc(CNC(=O)c2ccc(Nc3cc(-c4ccccc4)ncn3)cc2)cc1. The fourth-order valence-corrected chi connectivity index (χ4v) is 3.25. The third-order valence-corrected chi connectivity index (χ3v) is 5.01. The molecule has 0 aliphatic heterocycles. The third kappa shape index (κ3) is 6.17. The predicted molar refractivity (Wildman–Crippen MR) is 131 cm³/mol. The van der Waals surface area contributed by atoms with Crippen molar-refractivity contribution >= 4 is 17.4 Å². The molecule has 1 heterocycles. The van der Waals surface area contributed by atoms with E-state index in [1.165, 1.54) is 6.33 Å². The highest BCUT2D eigenvalue weighted by Crippen LogP contribution is 2.21. The Morgan fingerprint density at radius 1 is 0.909 bits per heavy atom. The first-order chi connectivity index (χ1) is 16.2. The lowest BCUT2D eigenvalue weighted by Crippen LogP contribution is -2.22. The second kappa shape index (κ2) is 10.9. The lowest BCUT2D eigenvalue weighted by molar-refractivity contribution is 0.0951. The van der Waals surface area contributed by atoms with Crippen molar-refractivity contribution in [1.29, 1.82) is 0 Å². The average molecular weight is 439 g/mol. The van der Waals surface area contributed by atoms with Crippen molar-refractivity contribution < 1.29 is 9.53 Å². The second-order valence-electron chi connectivity index (χ2n) is 7.53. The van der Waals surface area contributed by atoms with Crippen molar-refractivity contribution in [2.24, 2.45) is 0 Å². The molecule has 0 aliphatic carbocycles. The number of benzene rings is 3. The van der Waals surface area contributed by atoms with Gasteiger partial charge in [-0.2, -0.15) is 0 Å². The van der Waals surface area contributed by atoms with Crippen LogP contribution in [0.15, 0.2) is 91.3 Å². The van der Waals surface area contributed by atoms with Crippen molar-refractivity contribution in [3.63, 3.8) is 0 Å². The summed E-state index contributed by atoms with van der Waals surface area (Å²) in [6.45, 7) is 3.23. The van der Waals surface area contributed by atoms with Crippen molar-refractivity contribution in [3.05, 3.63) is 102 Å². The minimum atomic E-state index is -0.124. The number of amides is 1. The molecule has 0 radical (unpaired) electrons. The van der Waals surface area contributed by atoms with Crippen LogP contribution in [0.4, 0.5) is 11.5 Å². The van der Waals surface area contributed by atoms with E-state index in [2.05, 4.69) is 27.5 Å². The van der Waals surface area contributed by atoms with Gasteiger partial charge in [0.2, 0.25) is 0 Å². The molecule has 4 rings (SSSR count). The van der Waals surface area contributed by atoms with Crippen LogP contribution >= 0.6 is 0 Å². The van der Waals surface area contributed by atoms with Gasteiger partial charge in [-0.3, -0.25) is 4.79 Å². The van der Waals surface area contributed by atoms with Crippen molar-refractivity contribution in [1.82, 2.24) is 15.3 Å². The van der Waals surface area contributed by atoms with E-state index in [0.29, 0.717) is 24.5 Å². The molecule has 166 valence electrons. The minimum Gasteiger partial charge on any atom is -0.494 e. The van der Waals surface area contributed by atoms with E-state index >= 15 is 0 Å². The molecule has 6 heteroatoms. The van der Waals surface area contributed by atoms with Crippen LogP contribution in [-0.4, -0.2) is 22.5 Å². The molecule has 1 aromatic heterocycles. The Morgan fingerprint density at radius 3 is 2.39 bits per heavy atom. The fraction of sp³-hybridized carbons (Fsp3) is 0.148. The number of ether oxygens (including phenoxy) is 1. The van der Waals surface area contributed by atoms with E-state index in [-0.39, 0.29) is 5.91 Å². The Kier molecular flexibility index (Phi) is 7.28. The molecule has 0 atom stereocenters. The Morgan fingerprint density at radius 2 is 1.67 bits per heavy atom. The first-order valence-electron chi connectivity index (χ1n) is 11.0. The summed E-state index contributed by atoms with van der Waals surface area (Å²) in [5.74, 6) is 1.41. The number of nitrogens with zero attached hydrogens (tertiary/aromatic N) is 2. The van der Waals surface area contributed by atoms with E-state index in [1.807, 2.05) is 72.8 Å². The van der Waals surface area contributed by atoms with Gasteiger partial charge in [0.05, 0.1) is 12.3 Å². The molecule has 0 saturated heterocycles. The van der Waals surface area contributed by atoms with Crippen LogP contribution in [-0.2, 0) is 6.54 Å². The van der Waals surface area contributed by atoms with Crippen LogP contribution in [0.5, 0.6) is 5.75 Å². The van der Waals surface area contributed by atoms with Crippen LogP contribution in [0.25, 0.3) is 11.3 Å². The fourth-order valence-electron chi connectivity index (χ4n) is 3.25. The third-order valence-electron chi connectivity index (χ3n) is 5.01. The monoisotopic (exact) mass is 438 g/mol. The molecular weight excluding hydrogens is 412 g/mol. The van der Waals surface area contributed by atoms with Gasteiger partial charge in [-0.15, -0.1) is 0 Å². The van der Waals surface area contributed by atoms with Gasteiger partial charge in [-0.1, -0.05) is 49.4 Å². The van der Waals surface area contributed by atoms with Crippen LogP contribution in [0.1, 0.15) is 29.3 Å². The summed E-state index contributed by atoms with van der Waals surface area (Å²) in [6, 6.07) is 26.9. The van der Waals surface area contributed by atoms with Crippen molar-refractivity contribution in [3.8, 4) is 17.0 Å². The maximum atomic E-state index is 12.5. The summed E-state index contributed by atoms with van der Waals surface area (Å²) in [7, 11) is 0. The lowest BCUT2D eigenvalue weighted by atomic mass is 10.1. The summed E-state index contributed by atoms with van der Waals surface area (Å²) in [6.07, 6.45) is 2.51. The van der Waals surface area contributed by atoms with Crippen LogP contribution in [0.2, 0.25) is 0 Å². The van der Waals surface area contributed by atoms with Crippen molar-refractivity contribution in [2.45, 2.75) is 19.9 Å². The predicted octanol–water partition coefficient (Wildman–Crippen LogP) is 5.61. The number of hydrogen-bond acceptors (Lipinski definition) is 5. The van der Waals surface area contributed by atoms with Gasteiger partial charge in [0.1, 0.15) is 17.9 Å². The Labute approximate surface area is 193 Å². The van der Waals surface area contributed by atoms with Gasteiger partial charge < -0.3 is 15.4 Å². The molecule has 0 unspecified atom stereocenters. The minimum absolute atomic E-state index is 0.124. The Bertz CT molecular complexity index is 1180. The normalized spacial score (nSPS) is 10.5. The summed E-state index contributed by atoms with van der Waals surface area (Å²) in [4.78, 5) is 21.2. The number of hydrogen-bond donors (Lipinski definition) is 2. The highest BCUT2D eigenvalue weighted by atomic mass is 16.5. The maximum Gasteiger partial charge on any atom is 0.251 e. The van der Waals surface area contributed by atoms with E-state index in [9.17, 15) is 4.79 Å². The number of aromatic nitrogens is 2. The van der Waals surface area contributed by atoms with Gasteiger partial charge in [0, 0.05) is 29.4 Å². The summed E-state index contributed by atoms with van der Waals surface area (Å²) >= 11 is 0. The largest absolute Gasteiger partial charge is 0.494 e. The first-order valence-corrected chi connectivity index (χ1v) is 11.0. The van der Waals surface area contributed by atoms with E-state index < -0.39 is 0 Å². The second-order valence-corrected chi connectivity index (χ2v) is 7.53. The molecule has 0 bridgehead atoms. The number of anilines is 2. The molecular formula is C27H26N4O2. The standard InChI is InChI=1S/C27H26N4O2/c1-2-16-33-24-14-8-20(9-15-24)18-28-27(32)22-10-12-23(13-11-22)31-26-17-25(29-19-30-26)21-6-4-3-5-7-21/h3-15,17,19H,2,16,18H2,1H3,(H,28,32)(H,29,30,31). The zero-order valence-electron chi connectivity index (χ0n) is 18.5. The van der Waals surface area contributed by atoms with Crippen LogP contribution < -0.4 is 15.4 Å². The van der Waals surface area contributed by atoms with Crippen LogP contribution in [0.3, 0.4) is 0 Å². The highest BCUT2D eigenvalue weighted by Gasteiger charge is 2.07. The number of carbonyl (C=O) groups excluding carboxylic acids is 1.